The third kappa shape index (κ3) is 3.39. The van der Waals surface area contributed by atoms with Gasteiger partial charge in [0.05, 0.1) is 12.2 Å². The third-order valence-electron chi connectivity index (χ3n) is 4.70. The van der Waals surface area contributed by atoms with Crippen LogP contribution in [0, 0.1) is 6.92 Å². The number of nitrogens with zero attached hydrogens (tertiary/aromatic N) is 2. The van der Waals surface area contributed by atoms with Crippen molar-refractivity contribution in [3.63, 3.8) is 0 Å². The smallest absolute Gasteiger partial charge is 0.269 e. The van der Waals surface area contributed by atoms with Gasteiger partial charge in [-0.05, 0) is 25.0 Å². The molecule has 0 aliphatic carbocycles. The monoisotopic (exact) mass is 346 g/mol. The van der Waals surface area contributed by atoms with E-state index >= 15 is 0 Å². The van der Waals surface area contributed by atoms with Crippen molar-refractivity contribution in [2.45, 2.75) is 19.5 Å². The number of aromatic nitrogens is 2. The lowest BCUT2D eigenvalue weighted by Gasteiger charge is -2.25. The molecule has 0 fully saturated rings. The Morgan fingerprint density at radius 1 is 1.15 bits per heavy atom. The molecule has 132 valence electrons. The normalized spacial score (nSPS) is 16.2. The molecule has 0 saturated heterocycles. The molecular weight excluding hydrogens is 324 g/mol. The highest BCUT2D eigenvalue weighted by Gasteiger charge is 2.26. The molecule has 0 radical (unpaired) electrons. The van der Waals surface area contributed by atoms with E-state index in [1.807, 2.05) is 28.9 Å². The van der Waals surface area contributed by atoms with Crippen LogP contribution >= 0.6 is 0 Å². The van der Waals surface area contributed by atoms with Crippen LogP contribution in [0.25, 0.3) is 11.3 Å². The van der Waals surface area contributed by atoms with Crippen LogP contribution in [-0.2, 0) is 6.42 Å². The van der Waals surface area contributed by atoms with Crippen molar-refractivity contribution in [2.75, 3.05) is 13.1 Å². The topological polar surface area (TPSA) is 59.0 Å². The minimum atomic E-state index is -0.0722. The zero-order valence-corrected chi connectivity index (χ0v) is 14.8. The van der Waals surface area contributed by atoms with E-state index < -0.39 is 0 Å². The summed E-state index contributed by atoms with van der Waals surface area (Å²) in [7, 11) is 0. The van der Waals surface area contributed by atoms with Gasteiger partial charge in [-0.15, -0.1) is 0 Å². The maximum Gasteiger partial charge on any atom is 0.269 e. The lowest BCUT2D eigenvalue weighted by Crippen LogP contribution is -2.45. The van der Waals surface area contributed by atoms with Crippen LogP contribution < -0.4 is 10.6 Å². The average Bonchev–Trinajstić information content (AvgIpc) is 3.11. The van der Waals surface area contributed by atoms with Crippen molar-refractivity contribution in [1.29, 1.82) is 0 Å². The number of fused-ring (bicyclic) bond motifs is 1. The molecule has 0 saturated carbocycles. The summed E-state index contributed by atoms with van der Waals surface area (Å²) in [5, 5.41) is 11.2. The molecule has 5 heteroatoms. The Morgan fingerprint density at radius 2 is 1.92 bits per heavy atom. The number of hydrogen-bond acceptors (Lipinski definition) is 3. The average molecular weight is 346 g/mol. The van der Waals surface area contributed by atoms with Crippen LogP contribution in [0.15, 0.2) is 60.7 Å². The third-order valence-corrected chi connectivity index (χ3v) is 4.70. The molecule has 1 aromatic heterocycles. The molecule has 2 aromatic carbocycles. The summed E-state index contributed by atoms with van der Waals surface area (Å²) in [5.41, 5.74) is 4.95. The van der Waals surface area contributed by atoms with Gasteiger partial charge in [0.25, 0.3) is 5.91 Å². The first-order chi connectivity index (χ1) is 12.7. The molecule has 1 atom stereocenters. The minimum absolute atomic E-state index is 0.0365. The molecular formula is C21H22N4O. The molecule has 0 bridgehead atoms. The summed E-state index contributed by atoms with van der Waals surface area (Å²) >= 11 is 0. The highest BCUT2D eigenvalue weighted by atomic mass is 16.2. The molecule has 3 aromatic rings. The Hall–Kier alpha value is -2.92. The van der Waals surface area contributed by atoms with Gasteiger partial charge in [-0.2, -0.15) is 5.10 Å². The Labute approximate surface area is 153 Å². The summed E-state index contributed by atoms with van der Waals surface area (Å²) in [4.78, 5) is 12.2. The Balaban J connectivity index is 1.51. The predicted molar refractivity (Wildman–Crippen MR) is 102 cm³/mol. The van der Waals surface area contributed by atoms with Gasteiger partial charge in [0.2, 0.25) is 0 Å². The molecule has 0 spiro atoms. The van der Waals surface area contributed by atoms with E-state index in [9.17, 15) is 4.79 Å². The first-order valence-electron chi connectivity index (χ1n) is 8.93. The predicted octanol–water partition coefficient (Wildman–Crippen LogP) is 2.93. The van der Waals surface area contributed by atoms with E-state index in [4.69, 9.17) is 5.10 Å². The fourth-order valence-corrected chi connectivity index (χ4v) is 3.22. The highest BCUT2D eigenvalue weighted by Crippen LogP contribution is 2.23. The van der Waals surface area contributed by atoms with Crippen molar-refractivity contribution in [2.24, 2.45) is 0 Å². The fourth-order valence-electron chi connectivity index (χ4n) is 3.22. The fraction of sp³-hybridized carbons (Fsp3) is 0.238. The van der Waals surface area contributed by atoms with Crippen LogP contribution in [0.1, 0.15) is 27.8 Å². The number of nitrogens with one attached hydrogen (secondary N) is 2. The standard InChI is InChI=1S/C21H22N4O/c1-15-7-9-17(10-8-15)18-13-19-21(26)23-14-20(25(19)24-18)22-12-11-16-5-3-2-4-6-16/h2-10,13,20,22H,11-12,14H2,1H3,(H,23,26). The zero-order chi connectivity index (χ0) is 17.9. The number of carbonyl (C=O) groups excluding carboxylic acids is 1. The van der Waals surface area contributed by atoms with Gasteiger partial charge in [0.1, 0.15) is 11.9 Å². The number of benzene rings is 2. The molecule has 1 aliphatic heterocycles. The van der Waals surface area contributed by atoms with Crippen molar-refractivity contribution in [1.82, 2.24) is 20.4 Å². The maximum atomic E-state index is 12.2. The Bertz CT molecular complexity index is 900. The lowest BCUT2D eigenvalue weighted by atomic mass is 10.1. The van der Waals surface area contributed by atoms with E-state index in [1.54, 1.807) is 0 Å². The van der Waals surface area contributed by atoms with Gasteiger partial charge < -0.3 is 5.32 Å². The van der Waals surface area contributed by atoms with Crippen molar-refractivity contribution in [3.05, 3.63) is 77.5 Å². The molecule has 4 rings (SSSR count). The van der Waals surface area contributed by atoms with E-state index in [0.29, 0.717) is 12.2 Å². The number of aryl methyl sites for hydroxylation is 1. The largest absolute Gasteiger partial charge is 0.347 e. The Kier molecular flexibility index (Phi) is 4.54. The second-order valence-electron chi connectivity index (χ2n) is 6.64. The van der Waals surface area contributed by atoms with E-state index in [0.717, 1.165) is 24.2 Å². The van der Waals surface area contributed by atoms with Gasteiger partial charge in [-0.3, -0.25) is 10.1 Å². The van der Waals surface area contributed by atoms with Gasteiger partial charge in [0, 0.05) is 12.1 Å². The molecule has 5 nitrogen and oxygen atoms in total. The quantitative estimate of drug-likeness (QED) is 0.747. The molecule has 26 heavy (non-hydrogen) atoms. The SMILES string of the molecule is Cc1ccc(-c2cc3n(n2)C(NCCc2ccccc2)CNC3=O)cc1. The maximum absolute atomic E-state index is 12.2. The number of amides is 1. The Morgan fingerprint density at radius 3 is 2.69 bits per heavy atom. The second-order valence-corrected chi connectivity index (χ2v) is 6.64. The van der Waals surface area contributed by atoms with Crippen LogP contribution in [0.2, 0.25) is 0 Å². The van der Waals surface area contributed by atoms with Gasteiger partial charge in [0.15, 0.2) is 0 Å². The van der Waals surface area contributed by atoms with E-state index in [-0.39, 0.29) is 12.1 Å². The van der Waals surface area contributed by atoms with Gasteiger partial charge in [-0.1, -0.05) is 60.2 Å². The van der Waals surface area contributed by atoms with Crippen LogP contribution in [-0.4, -0.2) is 28.8 Å². The van der Waals surface area contributed by atoms with Crippen LogP contribution in [0.5, 0.6) is 0 Å². The summed E-state index contributed by atoms with van der Waals surface area (Å²) in [6, 6.07) is 20.4. The second kappa shape index (κ2) is 7.14. The number of rotatable bonds is 5. The zero-order valence-electron chi connectivity index (χ0n) is 14.8. The van der Waals surface area contributed by atoms with Crippen molar-refractivity contribution in [3.8, 4) is 11.3 Å². The van der Waals surface area contributed by atoms with Gasteiger partial charge in [-0.25, -0.2) is 4.68 Å². The van der Waals surface area contributed by atoms with E-state index in [2.05, 4.69) is 54.0 Å². The number of hydrogen-bond donors (Lipinski definition) is 2. The summed E-state index contributed by atoms with van der Waals surface area (Å²) in [6.07, 6.45) is 0.901. The minimum Gasteiger partial charge on any atom is -0.347 e. The van der Waals surface area contributed by atoms with Crippen LogP contribution in [0.3, 0.4) is 0 Å². The molecule has 1 aliphatic rings. The highest BCUT2D eigenvalue weighted by molar-refractivity contribution is 5.94. The van der Waals surface area contributed by atoms with E-state index in [1.165, 1.54) is 11.1 Å². The molecule has 2 N–H and O–H groups in total. The summed E-state index contributed by atoms with van der Waals surface area (Å²) in [6.45, 7) is 3.42. The van der Waals surface area contributed by atoms with Crippen molar-refractivity contribution >= 4 is 5.91 Å². The molecule has 2 heterocycles. The first kappa shape index (κ1) is 16.5. The molecule has 1 unspecified atom stereocenters. The lowest BCUT2D eigenvalue weighted by molar-refractivity contribution is 0.0901. The van der Waals surface area contributed by atoms with Gasteiger partial charge >= 0.3 is 0 Å². The van der Waals surface area contributed by atoms with Crippen molar-refractivity contribution < 1.29 is 4.79 Å². The number of carbonyl (C=O) groups is 1. The first-order valence-corrected chi connectivity index (χ1v) is 8.93. The summed E-state index contributed by atoms with van der Waals surface area (Å²) < 4.78 is 1.82. The molecule has 1 amide bonds. The summed E-state index contributed by atoms with van der Waals surface area (Å²) in [5.74, 6) is -0.0722. The van der Waals surface area contributed by atoms with Crippen LogP contribution in [0.4, 0.5) is 0 Å².